The minimum absolute atomic E-state index is 0. The van der Waals surface area contributed by atoms with Gasteiger partial charge in [0.2, 0.25) is 0 Å². The summed E-state index contributed by atoms with van der Waals surface area (Å²) in [7, 11) is 0. The van der Waals surface area contributed by atoms with Crippen LogP contribution in [-0.4, -0.2) is 16.8 Å². The molecule has 1 rings (SSSR count). The Kier molecular flexibility index (Phi) is 5.50. The number of carboxylic acids is 1. The molecule has 0 bridgehead atoms. The van der Waals surface area contributed by atoms with Crippen molar-refractivity contribution >= 4 is 18.6 Å². The van der Waals surface area contributed by atoms with Crippen LogP contribution in [-0.2, 0) is 6.54 Å². The molecule has 0 saturated carbocycles. The van der Waals surface area contributed by atoms with Crippen LogP contribution in [0.4, 0.5) is 0 Å². The second kappa shape index (κ2) is 5.83. The zero-order valence-corrected chi connectivity index (χ0v) is 8.50. The molecule has 0 atom stereocenters. The molecule has 0 aliphatic rings. The molecule has 3 nitrogen and oxygen atoms in total. The standard InChI is InChI=1S/C8H9NO2S.ClH/c10-8(11)7-2-1-3-9(6-7)4-5-12;/h1-3,6H,4-5H2,(H-,10,11,12);1H. The first kappa shape index (κ1) is 12.3. The van der Waals surface area contributed by atoms with Crippen LogP contribution in [0.5, 0.6) is 0 Å². The first-order valence-corrected chi connectivity index (χ1v) is 4.20. The summed E-state index contributed by atoms with van der Waals surface area (Å²) in [4.78, 5) is 10.5. The van der Waals surface area contributed by atoms with Gasteiger partial charge in [0, 0.05) is 11.8 Å². The molecule has 1 N–H and O–H groups in total. The molecular formula is C8H10ClNO2S. The average Bonchev–Trinajstić information content (AvgIpc) is 2.05. The maximum atomic E-state index is 10.5. The van der Waals surface area contributed by atoms with Gasteiger partial charge in [0.25, 0.3) is 0 Å². The van der Waals surface area contributed by atoms with E-state index < -0.39 is 5.97 Å². The largest absolute Gasteiger partial charge is 1.00 e. The fraction of sp³-hybridized carbons (Fsp3) is 0.250. The van der Waals surface area contributed by atoms with E-state index in [9.17, 15) is 4.79 Å². The average molecular weight is 220 g/mol. The third kappa shape index (κ3) is 3.65. The number of pyridine rings is 1. The van der Waals surface area contributed by atoms with E-state index in [1.54, 1.807) is 22.9 Å². The molecular weight excluding hydrogens is 210 g/mol. The third-order valence-corrected chi connectivity index (χ3v) is 1.66. The number of thiol groups is 1. The summed E-state index contributed by atoms with van der Waals surface area (Å²) in [5, 5.41) is 8.65. The molecule has 72 valence electrons. The van der Waals surface area contributed by atoms with Crippen molar-refractivity contribution in [3.05, 3.63) is 30.1 Å². The van der Waals surface area contributed by atoms with Gasteiger partial charge in [0.1, 0.15) is 5.56 Å². The van der Waals surface area contributed by atoms with Gasteiger partial charge in [0.05, 0.1) is 0 Å². The molecule has 13 heavy (non-hydrogen) atoms. The number of halogens is 1. The summed E-state index contributed by atoms with van der Waals surface area (Å²) in [6, 6.07) is 3.28. The predicted octanol–water partition coefficient (Wildman–Crippen LogP) is -2.39. The van der Waals surface area contributed by atoms with Crippen molar-refractivity contribution in [2.24, 2.45) is 0 Å². The van der Waals surface area contributed by atoms with Gasteiger partial charge in [-0.2, -0.15) is 12.6 Å². The Labute approximate surface area is 88.2 Å². The summed E-state index contributed by atoms with van der Waals surface area (Å²) in [5.41, 5.74) is 0.305. The quantitative estimate of drug-likeness (QED) is 0.440. The van der Waals surface area contributed by atoms with E-state index in [-0.39, 0.29) is 12.4 Å². The number of carbonyl (C=O) groups is 1. The highest BCUT2D eigenvalue weighted by atomic mass is 35.5. The molecule has 1 aromatic rings. The van der Waals surface area contributed by atoms with Crippen LogP contribution >= 0.6 is 12.6 Å². The van der Waals surface area contributed by atoms with E-state index in [1.165, 1.54) is 0 Å². The zero-order chi connectivity index (χ0) is 8.97. The first-order valence-electron chi connectivity index (χ1n) is 3.57. The minimum Gasteiger partial charge on any atom is -1.00 e. The Balaban J connectivity index is 0.00000144. The van der Waals surface area contributed by atoms with Gasteiger partial charge in [-0.3, -0.25) is 0 Å². The van der Waals surface area contributed by atoms with E-state index in [1.807, 2.05) is 6.20 Å². The Hall–Kier alpha value is -0.740. The number of hydrogen-bond acceptors (Lipinski definition) is 2. The Bertz CT molecular complexity index is 293. The highest BCUT2D eigenvalue weighted by Crippen LogP contribution is 1.93. The van der Waals surface area contributed by atoms with Crippen LogP contribution in [0.3, 0.4) is 0 Å². The number of hydrogen-bond donors (Lipinski definition) is 2. The second-order valence-electron chi connectivity index (χ2n) is 2.36. The van der Waals surface area contributed by atoms with Gasteiger partial charge in [-0.1, -0.05) is 0 Å². The minimum atomic E-state index is -0.900. The van der Waals surface area contributed by atoms with Crippen molar-refractivity contribution < 1.29 is 26.9 Å². The third-order valence-electron chi connectivity index (χ3n) is 1.46. The molecule has 0 saturated heterocycles. The maximum Gasteiger partial charge on any atom is 0.341 e. The first-order chi connectivity index (χ1) is 5.74. The van der Waals surface area contributed by atoms with Crippen molar-refractivity contribution in [2.45, 2.75) is 6.54 Å². The molecule has 0 amide bonds. The maximum absolute atomic E-state index is 10.5. The lowest BCUT2D eigenvalue weighted by Crippen LogP contribution is -3.00. The highest BCUT2D eigenvalue weighted by Gasteiger charge is 2.07. The fourth-order valence-electron chi connectivity index (χ4n) is 0.903. The zero-order valence-electron chi connectivity index (χ0n) is 6.85. The molecule has 0 aliphatic carbocycles. The Morgan fingerprint density at radius 3 is 2.85 bits per heavy atom. The predicted molar refractivity (Wildman–Crippen MR) is 47.4 cm³/mol. The monoisotopic (exact) mass is 219 g/mol. The molecule has 0 aromatic carbocycles. The normalized spacial score (nSPS) is 9.00. The number of aromatic carboxylic acids is 1. The summed E-state index contributed by atoms with van der Waals surface area (Å²) in [6.45, 7) is 0.726. The number of carboxylic acid groups (broad SMARTS) is 1. The van der Waals surface area contributed by atoms with E-state index in [2.05, 4.69) is 12.6 Å². The fourth-order valence-corrected chi connectivity index (χ4v) is 1.13. The van der Waals surface area contributed by atoms with Crippen molar-refractivity contribution in [2.75, 3.05) is 5.75 Å². The number of aryl methyl sites for hydroxylation is 1. The molecule has 0 unspecified atom stereocenters. The summed E-state index contributed by atoms with van der Waals surface area (Å²) >= 11 is 4.05. The van der Waals surface area contributed by atoms with Crippen molar-refractivity contribution in [1.82, 2.24) is 0 Å². The highest BCUT2D eigenvalue weighted by molar-refractivity contribution is 7.80. The van der Waals surface area contributed by atoms with Gasteiger partial charge in [-0.25, -0.2) is 9.36 Å². The van der Waals surface area contributed by atoms with Crippen LogP contribution in [0.25, 0.3) is 0 Å². The van der Waals surface area contributed by atoms with Gasteiger partial charge >= 0.3 is 5.97 Å². The van der Waals surface area contributed by atoms with Crippen LogP contribution in [0.2, 0.25) is 0 Å². The second-order valence-corrected chi connectivity index (χ2v) is 2.81. The SMILES string of the molecule is O=C(O)c1ccc[n+](CCS)c1.[Cl-]. The molecule has 1 heterocycles. The van der Waals surface area contributed by atoms with Crippen LogP contribution in [0, 0.1) is 0 Å². The summed E-state index contributed by atoms with van der Waals surface area (Å²) < 4.78 is 1.80. The molecule has 0 radical (unpaired) electrons. The van der Waals surface area contributed by atoms with E-state index in [0.717, 1.165) is 6.54 Å². The summed E-state index contributed by atoms with van der Waals surface area (Å²) in [6.07, 6.45) is 3.42. The van der Waals surface area contributed by atoms with Gasteiger partial charge in [-0.15, -0.1) is 0 Å². The molecule has 0 spiro atoms. The molecule has 0 fully saturated rings. The van der Waals surface area contributed by atoms with E-state index in [0.29, 0.717) is 11.3 Å². The number of rotatable bonds is 3. The van der Waals surface area contributed by atoms with Crippen LogP contribution in [0.15, 0.2) is 24.5 Å². The van der Waals surface area contributed by atoms with Crippen LogP contribution < -0.4 is 17.0 Å². The van der Waals surface area contributed by atoms with E-state index in [4.69, 9.17) is 5.11 Å². The van der Waals surface area contributed by atoms with Crippen molar-refractivity contribution in [3.8, 4) is 0 Å². The van der Waals surface area contributed by atoms with E-state index >= 15 is 0 Å². The Morgan fingerprint density at radius 2 is 2.31 bits per heavy atom. The Morgan fingerprint density at radius 1 is 1.62 bits per heavy atom. The lowest BCUT2D eigenvalue weighted by atomic mass is 10.3. The number of nitrogens with zero attached hydrogens (tertiary/aromatic N) is 1. The van der Waals surface area contributed by atoms with Crippen molar-refractivity contribution in [3.63, 3.8) is 0 Å². The van der Waals surface area contributed by atoms with Gasteiger partial charge in [-0.05, 0) is 6.07 Å². The molecule has 0 aliphatic heterocycles. The lowest BCUT2D eigenvalue weighted by Gasteiger charge is -1.94. The topological polar surface area (TPSA) is 41.2 Å². The van der Waals surface area contributed by atoms with Crippen LogP contribution in [0.1, 0.15) is 10.4 Å². The van der Waals surface area contributed by atoms with Crippen molar-refractivity contribution in [1.29, 1.82) is 0 Å². The molecule has 5 heteroatoms. The molecule has 1 aromatic heterocycles. The van der Waals surface area contributed by atoms with Gasteiger partial charge < -0.3 is 17.5 Å². The lowest BCUT2D eigenvalue weighted by molar-refractivity contribution is -0.692. The summed E-state index contributed by atoms with van der Waals surface area (Å²) in [5.74, 6) is -0.197. The smallest absolute Gasteiger partial charge is 0.341 e. The van der Waals surface area contributed by atoms with Gasteiger partial charge in [0.15, 0.2) is 18.9 Å². The number of aromatic nitrogens is 1.